The normalized spacial score (nSPS) is 12.4. The van der Waals surface area contributed by atoms with Gasteiger partial charge in [0, 0.05) is 13.7 Å². The van der Waals surface area contributed by atoms with Crippen molar-refractivity contribution >= 4 is 0 Å². The standard InChI is InChI=1S/C14H23NO2/c1-13(12-16-2)11-15-9-6-10-17-14-7-4-3-5-8-14/h3-5,7-8,13,15H,6,9-12H2,1-2H3. The number of ether oxygens (including phenoxy) is 2. The zero-order valence-corrected chi connectivity index (χ0v) is 10.8. The quantitative estimate of drug-likeness (QED) is 0.669. The van der Waals surface area contributed by atoms with Crippen molar-refractivity contribution in [3.63, 3.8) is 0 Å². The Morgan fingerprint density at radius 2 is 2.00 bits per heavy atom. The van der Waals surface area contributed by atoms with Crippen LogP contribution in [0.3, 0.4) is 0 Å². The summed E-state index contributed by atoms with van der Waals surface area (Å²) >= 11 is 0. The van der Waals surface area contributed by atoms with E-state index in [2.05, 4.69) is 12.2 Å². The first-order chi connectivity index (χ1) is 8.33. The predicted molar refractivity (Wildman–Crippen MR) is 70.5 cm³/mol. The van der Waals surface area contributed by atoms with E-state index in [0.29, 0.717) is 5.92 Å². The van der Waals surface area contributed by atoms with Crippen LogP contribution in [0, 0.1) is 5.92 Å². The molecule has 3 nitrogen and oxygen atoms in total. The van der Waals surface area contributed by atoms with E-state index in [9.17, 15) is 0 Å². The Kier molecular flexibility index (Phi) is 7.43. The SMILES string of the molecule is COCC(C)CNCCCOc1ccccc1. The van der Waals surface area contributed by atoms with E-state index >= 15 is 0 Å². The molecular formula is C14H23NO2. The Balaban J connectivity index is 1.95. The third kappa shape index (κ3) is 6.97. The third-order valence-electron chi connectivity index (χ3n) is 2.45. The molecule has 0 spiro atoms. The van der Waals surface area contributed by atoms with E-state index in [4.69, 9.17) is 9.47 Å². The van der Waals surface area contributed by atoms with Gasteiger partial charge in [-0.3, -0.25) is 0 Å². The minimum absolute atomic E-state index is 0.565. The van der Waals surface area contributed by atoms with Gasteiger partial charge in [-0.15, -0.1) is 0 Å². The Labute approximate surface area is 104 Å². The van der Waals surface area contributed by atoms with Crippen LogP contribution in [0.4, 0.5) is 0 Å². The maximum absolute atomic E-state index is 5.60. The molecule has 0 aromatic heterocycles. The number of hydrogen-bond acceptors (Lipinski definition) is 3. The molecule has 1 rings (SSSR count). The lowest BCUT2D eigenvalue weighted by molar-refractivity contribution is 0.158. The van der Waals surface area contributed by atoms with Crippen LogP contribution in [-0.4, -0.2) is 33.4 Å². The van der Waals surface area contributed by atoms with Crippen LogP contribution in [0.25, 0.3) is 0 Å². The van der Waals surface area contributed by atoms with Crippen LogP contribution < -0.4 is 10.1 Å². The van der Waals surface area contributed by atoms with Crippen LogP contribution in [0.1, 0.15) is 13.3 Å². The van der Waals surface area contributed by atoms with Crippen LogP contribution in [0.15, 0.2) is 30.3 Å². The fourth-order valence-corrected chi connectivity index (χ4v) is 1.60. The van der Waals surface area contributed by atoms with Crippen LogP contribution in [0.2, 0.25) is 0 Å². The minimum atomic E-state index is 0.565. The maximum Gasteiger partial charge on any atom is 0.119 e. The van der Waals surface area contributed by atoms with Gasteiger partial charge in [0.2, 0.25) is 0 Å². The molecule has 0 aliphatic heterocycles. The van der Waals surface area contributed by atoms with E-state index in [1.165, 1.54) is 0 Å². The zero-order valence-electron chi connectivity index (χ0n) is 10.8. The van der Waals surface area contributed by atoms with E-state index < -0.39 is 0 Å². The van der Waals surface area contributed by atoms with Crippen LogP contribution in [-0.2, 0) is 4.74 Å². The first-order valence-corrected chi connectivity index (χ1v) is 6.20. The predicted octanol–water partition coefficient (Wildman–Crippen LogP) is 2.33. The highest BCUT2D eigenvalue weighted by molar-refractivity contribution is 5.20. The summed E-state index contributed by atoms with van der Waals surface area (Å²) in [6, 6.07) is 9.92. The highest BCUT2D eigenvalue weighted by atomic mass is 16.5. The van der Waals surface area contributed by atoms with Crippen molar-refractivity contribution in [3.8, 4) is 5.75 Å². The minimum Gasteiger partial charge on any atom is -0.494 e. The molecule has 17 heavy (non-hydrogen) atoms. The van der Waals surface area contributed by atoms with Crippen molar-refractivity contribution < 1.29 is 9.47 Å². The van der Waals surface area contributed by atoms with Crippen LogP contribution in [0.5, 0.6) is 5.75 Å². The lowest BCUT2D eigenvalue weighted by atomic mass is 10.2. The lowest BCUT2D eigenvalue weighted by Crippen LogP contribution is -2.25. The fourth-order valence-electron chi connectivity index (χ4n) is 1.60. The smallest absolute Gasteiger partial charge is 0.119 e. The molecule has 3 heteroatoms. The first kappa shape index (κ1) is 14.0. The number of rotatable bonds is 9. The molecule has 0 fully saturated rings. The monoisotopic (exact) mass is 237 g/mol. The van der Waals surface area contributed by atoms with Crippen LogP contribution >= 0.6 is 0 Å². The molecule has 0 amide bonds. The second-order valence-corrected chi connectivity index (χ2v) is 4.28. The summed E-state index contributed by atoms with van der Waals surface area (Å²) < 4.78 is 10.7. The van der Waals surface area contributed by atoms with Crippen molar-refractivity contribution in [1.82, 2.24) is 5.32 Å². The second kappa shape index (κ2) is 9.02. The molecule has 0 radical (unpaired) electrons. The van der Waals surface area contributed by atoms with Gasteiger partial charge >= 0.3 is 0 Å². The fraction of sp³-hybridized carbons (Fsp3) is 0.571. The maximum atomic E-state index is 5.60. The number of benzene rings is 1. The summed E-state index contributed by atoms with van der Waals surface area (Å²) in [5.74, 6) is 1.51. The molecule has 1 aromatic rings. The Bertz CT molecular complexity index is 277. The van der Waals surface area contributed by atoms with Gasteiger partial charge in [0.15, 0.2) is 0 Å². The lowest BCUT2D eigenvalue weighted by Gasteiger charge is -2.11. The van der Waals surface area contributed by atoms with E-state index in [1.807, 2.05) is 30.3 Å². The average Bonchev–Trinajstić information content (AvgIpc) is 2.35. The topological polar surface area (TPSA) is 30.5 Å². The van der Waals surface area contributed by atoms with Gasteiger partial charge in [-0.2, -0.15) is 0 Å². The molecule has 0 heterocycles. The van der Waals surface area contributed by atoms with Crippen molar-refractivity contribution in [2.75, 3.05) is 33.4 Å². The Morgan fingerprint density at radius 3 is 2.71 bits per heavy atom. The molecule has 0 saturated heterocycles. The van der Waals surface area contributed by atoms with Gasteiger partial charge in [-0.25, -0.2) is 0 Å². The third-order valence-corrected chi connectivity index (χ3v) is 2.45. The van der Waals surface area contributed by atoms with Gasteiger partial charge in [-0.05, 0) is 37.6 Å². The molecule has 0 aliphatic carbocycles. The molecule has 0 saturated carbocycles. The van der Waals surface area contributed by atoms with E-state index in [1.54, 1.807) is 7.11 Å². The van der Waals surface area contributed by atoms with E-state index in [0.717, 1.165) is 38.5 Å². The molecule has 1 aromatic carbocycles. The zero-order chi connectivity index (χ0) is 12.3. The molecular weight excluding hydrogens is 214 g/mol. The Hall–Kier alpha value is -1.06. The molecule has 1 N–H and O–H groups in total. The summed E-state index contributed by atoms with van der Waals surface area (Å²) in [5.41, 5.74) is 0. The van der Waals surface area contributed by atoms with Crippen molar-refractivity contribution in [2.45, 2.75) is 13.3 Å². The molecule has 0 bridgehead atoms. The summed E-state index contributed by atoms with van der Waals surface area (Å²) in [4.78, 5) is 0. The Morgan fingerprint density at radius 1 is 1.24 bits per heavy atom. The van der Waals surface area contributed by atoms with Gasteiger partial charge in [0.1, 0.15) is 5.75 Å². The van der Waals surface area contributed by atoms with Crippen molar-refractivity contribution in [2.24, 2.45) is 5.92 Å². The summed E-state index contributed by atoms with van der Waals surface area (Å²) in [5, 5.41) is 3.40. The summed E-state index contributed by atoms with van der Waals surface area (Å²) in [6.45, 7) is 5.74. The molecule has 96 valence electrons. The molecule has 1 unspecified atom stereocenters. The van der Waals surface area contributed by atoms with Gasteiger partial charge < -0.3 is 14.8 Å². The second-order valence-electron chi connectivity index (χ2n) is 4.28. The first-order valence-electron chi connectivity index (χ1n) is 6.20. The summed E-state index contributed by atoms with van der Waals surface area (Å²) in [7, 11) is 1.74. The highest BCUT2D eigenvalue weighted by Crippen LogP contribution is 2.07. The van der Waals surface area contributed by atoms with Gasteiger partial charge in [-0.1, -0.05) is 25.1 Å². The number of nitrogens with one attached hydrogen (secondary N) is 1. The molecule has 0 aliphatic rings. The highest BCUT2D eigenvalue weighted by Gasteiger charge is 1.99. The van der Waals surface area contributed by atoms with E-state index in [-0.39, 0.29) is 0 Å². The van der Waals surface area contributed by atoms with Crippen molar-refractivity contribution in [1.29, 1.82) is 0 Å². The number of hydrogen-bond donors (Lipinski definition) is 1. The van der Waals surface area contributed by atoms with Crippen molar-refractivity contribution in [3.05, 3.63) is 30.3 Å². The summed E-state index contributed by atoms with van der Waals surface area (Å²) in [6.07, 6.45) is 1.02. The number of methoxy groups -OCH3 is 1. The largest absolute Gasteiger partial charge is 0.494 e. The van der Waals surface area contributed by atoms with Gasteiger partial charge in [0.05, 0.1) is 6.61 Å². The average molecular weight is 237 g/mol. The number of para-hydroxylation sites is 1. The molecule has 1 atom stereocenters. The van der Waals surface area contributed by atoms with Gasteiger partial charge in [0.25, 0.3) is 0 Å².